The predicted molar refractivity (Wildman–Crippen MR) is 95.6 cm³/mol. The molecule has 5 heteroatoms. The molecule has 0 aromatic carbocycles. The molecule has 1 N–H and O–H groups in total. The third kappa shape index (κ3) is 4.78. The van der Waals surface area contributed by atoms with Crippen LogP contribution in [0, 0.1) is 5.92 Å². The number of hydrogen-bond acceptors (Lipinski definition) is 4. The number of carbonyl (C=O) groups excluding carboxylic acids is 1. The second kappa shape index (κ2) is 8.27. The van der Waals surface area contributed by atoms with Crippen molar-refractivity contribution in [2.75, 3.05) is 33.2 Å². The Bertz CT molecular complexity index is 490. The fraction of sp³-hybridized carbons (Fsp3) is 0.722. The van der Waals surface area contributed by atoms with Crippen LogP contribution in [0.1, 0.15) is 37.0 Å². The van der Waals surface area contributed by atoms with E-state index in [1.165, 1.54) is 37.1 Å². The van der Waals surface area contributed by atoms with Crippen LogP contribution in [0.2, 0.25) is 0 Å². The first-order valence-corrected chi connectivity index (χ1v) is 9.83. The monoisotopic (exact) mass is 335 g/mol. The van der Waals surface area contributed by atoms with Crippen LogP contribution in [0.25, 0.3) is 0 Å². The average Bonchev–Trinajstić information content (AvgIpc) is 3.06. The van der Waals surface area contributed by atoms with Crippen LogP contribution in [0.5, 0.6) is 0 Å². The van der Waals surface area contributed by atoms with Crippen LogP contribution < -0.4 is 5.32 Å². The molecule has 3 heterocycles. The standard InChI is InChI=1S/C18H29N3OS/c1-20-9-3-2-8-17(20)18(22)19-12-15-6-4-10-21(13-15)14-16-7-5-11-23-16/h5,7,11,15,17H,2-4,6,8-10,12-14H2,1H3,(H,19,22)/t15-,17-/m0/s1. The van der Waals surface area contributed by atoms with Crippen molar-refractivity contribution < 1.29 is 4.79 Å². The van der Waals surface area contributed by atoms with E-state index in [0.717, 1.165) is 32.6 Å². The average molecular weight is 336 g/mol. The number of likely N-dealkylation sites (tertiary alicyclic amines) is 2. The SMILES string of the molecule is CN1CCCC[C@H]1C(=O)NC[C@@H]1CCCN(Cc2cccs2)C1. The number of likely N-dealkylation sites (N-methyl/N-ethyl adjacent to an activating group) is 1. The Morgan fingerprint density at radius 3 is 3.00 bits per heavy atom. The number of carbonyl (C=O) groups is 1. The third-order valence-electron chi connectivity index (χ3n) is 5.20. The molecule has 3 rings (SSSR count). The largest absolute Gasteiger partial charge is 0.354 e. The van der Waals surface area contributed by atoms with Gasteiger partial charge in [0.25, 0.3) is 0 Å². The van der Waals surface area contributed by atoms with Crippen molar-refractivity contribution in [3.63, 3.8) is 0 Å². The number of thiophene rings is 1. The van der Waals surface area contributed by atoms with E-state index in [0.29, 0.717) is 5.92 Å². The van der Waals surface area contributed by atoms with E-state index in [2.05, 4.69) is 39.7 Å². The molecule has 2 fully saturated rings. The van der Waals surface area contributed by atoms with Gasteiger partial charge < -0.3 is 5.32 Å². The lowest BCUT2D eigenvalue weighted by Gasteiger charge is -2.34. The van der Waals surface area contributed by atoms with E-state index in [9.17, 15) is 4.79 Å². The zero-order valence-corrected chi connectivity index (χ0v) is 15.0. The maximum absolute atomic E-state index is 12.4. The first-order chi connectivity index (χ1) is 11.2. The molecule has 0 unspecified atom stereocenters. The van der Waals surface area contributed by atoms with Crippen molar-refractivity contribution in [2.45, 2.75) is 44.7 Å². The Morgan fingerprint density at radius 1 is 1.30 bits per heavy atom. The molecule has 0 radical (unpaired) electrons. The summed E-state index contributed by atoms with van der Waals surface area (Å²) in [5, 5.41) is 5.38. The summed E-state index contributed by atoms with van der Waals surface area (Å²) in [5.41, 5.74) is 0. The molecular formula is C18H29N3OS. The summed E-state index contributed by atoms with van der Waals surface area (Å²) >= 11 is 1.84. The van der Waals surface area contributed by atoms with Crippen LogP contribution in [0.4, 0.5) is 0 Å². The van der Waals surface area contributed by atoms with Gasteiger partial charge in [-0.15, -0.1) is 11.3 Å². The van der Waals surface area contributed by atoms with Gasteiger partial charge >= 0.3 is 0 Å². The van der Waals surface area contributed by atoms with E-state index in [1.54, 1.807) is 0 Å². The summed E-state index contributed by atoms with van der Waals surface area (Å²) in [6.07, 6.45) is 5.90. The minimum absolute atomic E-state index is 0.0922. The normalized spacial score (nSPS) is 27.0. The van der Waals surface area contributed by atoms with Gasteiger partial charge in [0.05, 0.1) is 6.04 Å². The number of rotatable bonds is 5. The summed E-state index contributed by atoms with van der Waals surface area (Å²) < 4.78 is 0. The minimum Gasteiger partial charge on any atom is -0.354 e. The third-order valence-corrected chi connectivity index (χ3v) is 6.06. The fourth-order valence-electron chi connectivity index (χ4n) is 3.85. The number of nitrogens with one attached hydrogen (secondary N) is 1. The summed E-state index contributed by atoms with van der Waals surface area (Å²) in [5.74, 6) is 0.837. The molecule has 2 aliphatic rings. The molecule has 0 spiro atoms. The minimum atomic E-state index is 0.0922. The number of hydrogen-bond donors (Lipinski definition) is 1. The lowest BCUT2D eigenvalue weighted by atomic mass is 9.97. The Hall–Kier alpha value is -0.910. The summed E-state index contributed by atoms with van der Waals surface area (Å²) in [6.45, 7) is 5.25. The van der Waals surface area contributed by atoms with Crippen molar-refractivity contribution >= 4 is 17.2 Å². The zero-order chi connectivity index (χ0) is 16.1. The molecule has 1 aromatic heterocycles. The molecule has 2 aliphatic heterocycles. The van der Waals surface area contributed by atoms with Gasteiger partial charge in [-0.25, -0.2) is 0 Å². The Kier molecular flexibility index (Phi) is 6.08. The van der Waals surface area contributed by atoms with Crippen LogP contribution in [-0.2, 0) is 11.3 Å². The van der Waals surface area contributed by atoms with E-state index in [1.807, 2.05) is 11.3 Å². The highest BCUT2D eigenvalue weighted by molar-refractivity contribution is 7.09. The van der Waals surface area contributed by atoms with Crippen molar-refractivity contribution in [2.24, 2.45) is 5.92 Å². The van der Waals surface area contributed by atoms with Crippen LogP contribution >= 0.6 is 11.3 Å². The van der Waals surface area contributed by atoms with Crippen molar-refractivity contribution in [3.8, 4) is 0 Å². The summed E-state index contributed by atoms with van der Waals surface area (Å²) in [6, 6.07) is 4.44. The summed E-state index contributed by atoms with van der Waals surface area (Å²) in [4.78, 5) is 18.6. The molecule has 2 atom stereocenters. The quantitative estimate of drug-likeness (QED) is 0.898. The Balaban J connectivity index is 1.43. The van der Waals surface area contributed by atoms with Gasteiger partial charge in [-0.1, -0.05) is 12.5 Å². The first-order valence-electron chi connectivity index (χ1n) is 8.95. The van der Waals surface area contributed by atoms with Crippen LogP contribution in [-0.4, -0.2) is 55.0 Å². The maximum atomic E-state index is 12.4. The molecular weight excluding hydrogens is 306 g/mol. The predicted octanol–water partition coefficient (Wildman–Crippen LogP) is 2.56. The van der Waals surface area contributed by atoms with Gasteiger partial charge in [-0.2, -0.15) is 0 Å². The van der Waals surface area contributed by atoms with Gasteiger partial charge in [-0.3, -0.25) is 14.6 Å². The van der Waals surface area contributed by atoms with Crippen molar-refractivity contribution in [1.29, 1.82) is 0 Å². The summed E-state index contributed by atoms with van der Waals surface area (Å²) in [7, 11) is 2.08. The lowest BCUT2D eigenvalue weighted by Crippen LogP contribution is -2.49. The molecule has 4 nitrogen and oxygen atoms in total. The topological polar surface area (TPSA) is 35.6 Å². The van der Waals surface area contributed by atoms with Gasteiger partial charge in [0.2, 0.25) is 5.91 Å². The van der Waals surface area contributed by atoms with Gasteiger partial charge in [-0.05, 0) is 63.2 Å². The molecule has 0 saturated carbocycles. The fourth-order valence-corrected chi connectivity index (χ4v) is 4.60. The van der Waals surface area contributed by atoms with E-state index < -0.39 is 0 Å². The second-order valence-electron chi connectivity index (χ2n) is 7.06. The van der Waals surface area contributed by atoms with Gasteiger partial charge in [0.15, 0.2) is 0 Å². The van der Waals surface area contributed by atoms with E-state index in [4.69, 9.17) is 0 Å². The molecule has 2 saturated heterocycles. The maximum Gasteiger partial charge on any atom is 0.237 e. The number of nitrogens with zero attached hydrogens (tertiary/aromatic N) is 2. The molecule has 128 valence electrons. The smallest absolute Gasteiger partial charge is 0.237 e. The molecule has 0 bridgehead atoms. The van der Waals surface area contributed by atoms with E-state index >= 15 is 0 Å². The molecule has 1 aromatic rings. The zero-order valence-electron chi connectivity index (χ0n) is 14.2. The van der Waals surface area contributed by atoms with Crippen molar-refractivity contribution in [1.82, 2.24) is 15.1 Å². The van der Waals surface area contributed by atoms with Crippen molar-refractivity contribution in [3.05, 3.63) is 22.4 Å². The highest BCUT2D eigenvalue weighted by Gasteiger charge is 2.27. The van der Waals surface area contributed by atoms with Crippen LogP contribution in [0.15, 0.2) is 17.5 Å². The molecule has 0 aliphatic carbocycles. The second-order valence-corrected chi connectivity index (χ2v) is 8.09. The number of piperidine rings is 2. The highest BCUT2D eigenvalue weighted by atomic mass is 32.1. The number of amides is 1. The highest BCUT2D eigenvalue weighted by Crippen LogP contribution is 2.20. The molecule has 1 amide bonds. The lowest BCUT2D eigenvalue weighted by molar-refractivity contribution is -0.127. The van der Waals surface area contributed by atoms with E-state index in [-0.39, 0.29) is 11.9 Å². The first kappa shape index (κ1) is 16.9. The Morgan fingerprint density at radius 2 is 2.22 bits per heavy atom. The van der Waals surface area contributed by atoms with Crippen LogP contribution in [0.3, 0.4) is 0 Å². The van der Waals surface area contributed by atoms with Gasteiger partial charge in [0, 0.05) is 24.5 Å². The Labute approximate surface area is 143 Å². The van der Waals surface area contributed by atoms with Gasteiger partial charge in [0.1, 0.15) is 0 Å². The molecule has 23 heavy (non-hydrogen) atoms.